The Labute approximate surface area is 102 Å². The zero-order valence-electron chi connectivity index (χ0n) is 10.4. The van der Waals surface area contributed by atoms with E-state index in [1.54, 1.807) is 0 Å². The summed E-state index contributed by atoms with van der Waals surface area (Å²) in [4.78, 5) is 13.2. The lowest BCUT2D eigenvalue weighted by Gasteiger charge is -2.21. The summed E-state index contributed by atoms with van der Waals surface area (Å²) in [5.74, 6) is -0.630. The first-order chi connectivity index (χ1) is 8.03. The fourth-order valence-corrected chi connectivity index (χ4v) is 2.03. The van der Waals surface area contributed by atoms with Crippen LogP contribution in [0.2, 0.25) is 0 Å². The van der Waals surface area contributed by atoms with Crippen LogP contribution in [-0.4, -0.2) is 24.7 Å². The van der Waals surface area contributed by atoms with Crippen LogP contribution in [0.5, 0.6) is 0 Å². The van der Waals surface area contributed by atoms with Crippen molar-refractivity contribution in [2.24, 2.45) is 5.41 Å². The maximum atomic E-state index is 11.1. The van der Waals surface area contributed by atoms with E-state index in [1.165, 1.54) is 5.56 Å². The monoisotopic (exact) mass is 233 g/mol. The normalized spacial score (nSPS) is 16.6. The van der Waals surface area contributed by atoms with E-state index < -0.39 is 11.4 Å². The molecule has 0 bridgehead atoms. The van der Waals surface area contributed by atoms with Crippen molar-refractivity contribution in [1.29, 1.82) is 0 Å². The van der Waals surface area contributed by atoms with Crippen LogP contribution in [0.25, 0.3) is 0 Å². The highest BCUT2D eigenvalue weighted by atomic mass is 16.4. The highest BCUT2D eigenvalue weighted by Crippen LogP contribution is 2.49. The summed E-state index contributed by atoms with van der Waals surface area (Å²) in [6.45, 7) is 2.86. The fourth-order valence-electron chi connectivity index (χ4n) is 2.03. The molecule has 0 heterocycles. The third-order valence-corrected chi connectivity index (χ3v) is 3.71. The Hall–Kier alpha value is -1.51. The van der Waals surface area contributed by atoms with Crippen molar-refractivity contribution < 1.29 is 9.90 Å². The smallest absolute Gasteiger partial charge is 0.309 e. The summed E-state index contributed by atoms with van der Waals surface area (Å²) in [7, 11) is 2.02. The summed E-state index contributed by atoms with van der Waals surface area (Å²) >= 11 is 0. The number of carboxylic acid groups (broad SMARTS) is 1. The van der Waals surface area contributed by atoms with Gasteiger partial charge in [-0.3, -0.25) is 4.79 Å². The second-order valence-corrected chi connectivity index (χ2v) is 5.09. The van der Waals surface area contributed by atoms with Crippen LogP contribution in [0, 0.1) is 12.3 Å². The van der Waals surface area contributed by atoms with E-state index in [9.17, 15) is 4.79 Å². The summed E-state index contributed by atoms with van der Waals surface area (Å²) in [5, 5.41) is 9.11. The second-order valence-electron chi connectivity index (χ2n) is 5.09. The minimum absolute atomic E-state index is 0.418. The van der Waals surface area contributed by atoms with Crippen molar-refractivity contribution in [2.75, 3.05) is 18.5 Å². The molecule has 1 aromatic carbocycles. The Kier molecular flexibility index (Phi) is 3.09. The zero-order chi connectivity index (χ0) is 12.5. The number of anilines is 1. The zero-order valence-corrected chi connectivity index (χ0v) is 10.4. The average Bonchev–Trinajstić information content (AvgIpc) is 3.08. The molecule has 0 atom stereocenters. The Morgan fingerprint density at radius 2 is 1.94 bits per heavy atom. The number of aliphatic carboxylic acids is 1. The summed E-state index contributed by atoms with van der Waals surface area (Å²) in [5.41, 5.74) is 1.97. The Morgan fingerprint density at radius 1 is 1.35 bits per heavy atom. The van der Waals surface area contributed by atoms with E-state index in [0.29, 0.717) is 0 Å². The van der Waals surface area contributed by atoms with Gasteiger partial charge in [0, 0.05) is 19.3 Å². The number of rotatable bonds is 5. The highest BCUT2D eigenvalue weighted by molar-refractivity contribution is 5.77. The predicted molar refractivity (Wildman–Crippen MR) is 68.4 cm³/mol. The van der Waals surface area contributed by atoms with Gasteiger partial charge in [0.25, 0.3) is 0 Å². The van der Waals surface area contributed by atoms with E-state index in [0.717, 1.165) is 31.5 Å². The molecule has 92 valence electrons. The Bertz CT molecular complexity index is 407. The standard InChI is InChI=1S/C14H19NO2/c1-11-3-5-12(6-4-11)15(2)10-9-14(7-8-14)13(16)17/h3-6H,7-10H2,1-2H3,(H,16,17). The molecule has 0 amide bonds. The van der Waals surface area contributed by atoms with Crippen LogP contribution in [-0.2, 0) is 4.79 Å². The molecule has 0 spiro atoms. The molecular weight excluding hydrogens is 214 g/mol. The molecule has 0 radical (unpaired) electrons. The largest absolute Gasteiger partial charge is 0.481 e. The molecule has 0 saturated heterocycles. The van der Waals surface area contributed by atoms with Crippen LogP contribution in [0.3, 0.4) is 0 Å². The minimum atomic E-state index is -0.630. The number of aryl methyl sites for hydroxylation is 1. The maximum absolute atomic E-state index is 11.1. The van der Waals surface area contributed by atoms with Gasteiger partial charge in [-0.15, -0.1) is 0 Å². The second kappa shape index (κ2) is 4.40. The van der Waals surface area contributed by atoms with Crippen molar-refractivity contribution >= 4 is 11.7 Å². The molecule has 0 aliphatic heterocycles. The number of hydrogen-bond acceptors (Lipinski definition) is 2. The highest BCUT2D eigenvalue weighted by Gasteiger charge is 2.49. The molecule has 1 aromatic rings. The molecule has 1 fully saturated rings. The SMILES string of the molecule is Cc1ccc(N(C)CCC2(C(=O)O)CC2)cc1. The summed E-state index contributed by atoms with van der Waals surface area (Å²) < 4.78 is 0. The first kappa shape index (κ1) is 12.0. The molecule has 17 heavy (non-hydrogen) atoms. The third kappa shape index (κ3) is 2.60. The van der Waals surface area contributed by atoms with Crippen molar-refractivity contribution in [2.45, 2.75) is 26.2 Å². The topological polar surface area (TPSA) is 40.5 Å². The maximum Gasteiger partial charge on any atom is 0.309 e. The molecule has 0 aromatic heterocycles. The van der Waals surface area contributed by atoms with Crippen LogP contribution in [0.4, 0.5) is 5.69 Å². The molecule has 3 nitrogen and oxygen atoms in total. The lowest BCUT2D eigenvalue weighted by molar-refractivity contribution is -0.143. The van der Waals surface area contributed by atoms with E-state index in [1.807, 2.05) is 7.05 Å². The fraction of sp³-hybridized carbons (Fsp3) is 0.500. The quantitative estimate of drug-likeness (QED) is 0.850. The van der Waals surface area contributed by atoms with Gasteiger partial charge in [0.1, 0.15) is 0 Å². The lowest BCUT2D eigenvalue weighted by Crippen LogP contribution is -2.25. The van der Waals surface area contributed by atoms with E-state index in [2.05, 4.69) is 36.1 Å². The third-order valence-electron chi connectivity index (χ3n) is 3.71. The van der Waals surface area contributed by atoms with Crippen LogP contribution < -0.4 is 4.90 Å². The Morgan fingerprint density at radius 3 is 2.41 bits per heavy atom. The van der Waals surface area contributed by atoms with Gasteiger partial charge in [-0.05, 0) is 38.3 Å². The predicted octanol–water partition coefficient (Wildman–Crippen LogP) is 2.69. The van der Waals surface area contributed by atoms with Crippen molar-refractivity contribution in [1.82, 2.24) is 0 Å². The molecule has 1 N–H and O–H groups in total. The van der Waals surface area contributed by atoms with Crippen molar-refractivity contribution in [3.8, 4) is 0 Å². The van der Waals surface area contributed by atoms with Crippen LogP contribution in [0.15, 0.2) is 24.3 Å². The molecule has 1 aliphatic carbocycles. The van der Waals surface area contributed by atoms with Crippen LogP contribution in [0.1, 0.15) is 24.8 Å². The summed E-state index contributed by atoms with van der Waals surface area (Å²) in [6, 6.07) is 8.32. The van der Waals surface area contributed by atoms with Crippen LogP contribution >= 0.6 is 0 Å². The molecule has 3 heteroatoms. The first-order valence-electron chi connectivity index (χ1n) is 6.05. The van der Waals surface area contributed by atoms with Gasteiger partial charge in [0.2, 0.25) is 0 Å². The van der Waals surface area contributed by atoms with Gasteiger partial charge in [0.15, 0.2) is 0 Å². The van der Waals surface area contributed by atoms with Crippen molar-refractivity contribution in [3.05, 3.63) is 29.8 Å². The Balaban J connectivity index is 1.91. The first-order valence-corrected chi connectivity index (χ1v) is 6.05. The number of benzene rings is 1. The lowest BCUT2D eigenvalue weighted by atomic mass is 10.0. The van der Waals surface area contributed by atoms with Gasteiger partial charge in [-0.25, -0.2) is 0 Å². The van der Waals surface area contributed by atoms with Gasteiger partial charge < -0.3 is 10.0 Å². The molecule has 1 aliphatic rings. The average molecular weight is 233 g/mol. The molecular formula is C14H19NO2. The number of carboxylic acids is 1. The number of hydrogen-bond donors (Lipinski definition) is 1. The summed E-state index contributed by atoms with van der Waals surface area (Å²) in [6.07, 6.45) is 2.42. The number of carbonyl (C=O) groups is 1. The minimum Gasteiger partial charge on any atom is -0.481 e. The number of nitrogens with zero attached hydrogens (tertiary/aromatic N) is 1. The van der Waals surface area contributed by atoms with E-state index in [-0.39, 0.29) is 0 Å². The molecule has 1 saturated carbocycles. The van der Waals surface area contributed by atoms with E-state index >= 15 is 0 Å². The van der Waals surface area contributed by atoms with Gasteiger partial charge in [0.05, 0.1) is 5.41 Å². The molecule has 0 unspecified atom stereocenters. The van der Waals surface area contributed by atoms with E-state index in [4.69, 9.17) is 5.11 Å². The van der Waals surface area contributed by atoms with Crippen molar-refractivity contribution in [3.63, 3.8) is 0 Å². The van der Waals surface area contributed by atoms with Gasteiger partial charge in [-0.1, -0.05) is 17.7 Å². The van der Waals surface area contributed by atoms with Gasteiger partial charge in [-0.2, -0.15) is 0 Å². The molecule has 2 rings (SSSR count). The van der Waals surface area contributed by atoms with Gasteiger partial charge >= 0.3 is 5.97 Å².